The van der Waals surface area contributed by atoms with Crippen molar-refractivity contribution in [3.05, 3.63) is 68.4 Å². The molecule has 0 amide bonds. The highest BCUT2D eigenvalue weighted by Gasteiger charge is 2.17. The van der Waals surface area contributed by atoms with Gasteiger partial charge in [0.2, 0.25) is 11.8 Å². The Bertz CT molecular complexity index is 1660. The quantitative estimate of drug-likeness (QED) is 0.378. The molecule has 0 unspecified atom stereocenters. The summed E-state index contributed by atoms with van der Waals surface area (Å²) in [5, 5.41) is 0.714. The second-order valence-corrected chi connectivity index (χ2v) is 8.54. The summed E-state index contributed by atoms with van der Waals surface area (Å²) in [5.74, 6) is 1.20. The standard InChI is InChI=1S/C24H18N2O6S/c1-11-7-13-15(8-12(11)2)25-21(31-23(13)27)19-5-6-20(33-19)22-26-16-10-18(30-4)17(29-3)9-14(16)24(28)32-22/h5-10H,1-4H3. The van der Waals surface area contributed by atoms with E-state index in [4.69, 9.17) is 18.3 Å². The van der Waals surface area contributed by atoms with Gasteiger partial charge in [-0.3, -0.25) is 0 Å². The molecular weight excluding hydrogens is 444 g/mol. The van der Waals surface area contributed by atoms with Crippen LogP contribution in [0.3, 0.4) is 0 Å². The molecule has 5 aromatic rings. The zero-order valence-electron chi connectivity index (χ0n) is 18.2. The van der Waals surface area contributed by atoms with Crippen molar-refractivity contribution >= 4 is 33.1 Å². The van der Waals surface area contributed by atoms with Gasteiger partial charge in [-0.25, -0.2) is 19.6 Å². The van der Waals surface area contributed by atoms with E-state index in [2.05, 4.69) is 9.97 Å². The van der Waals surface area contributed by atoms with Gasteiger partial charge in [-0.15, -0.1) is 11.3 Å². The molecule has 2 aromatic carbocycles. The second-order valence-electron chi connectivity index (χ2n) is 7.45. The van der Waals surface area contributed by atoms with Crippen LogP contribution in [0.15, 0.2) is 54.8 Å². The van der Waals surface area contributed by atoms with Crippen molar-refractivity contribution in [2.75, 3.05) is 14.2 Å². The van der Waals surface area contributed by atoms with E-state index in [-0.39, 0.29) is 17.2 Å². The highest BCUT2D eigenvalue weighted by molar-refractivity contribution is 7.18. The zero-order valence-corrected chi connectivity index (χ0v) is 19.0. The largest absolute Gasteiger partial charge is 0.493 e. The Morgan fingerprint density at radius 2 is 1.21 bits per heavy atom. The van der Waals surface area contributed by atoms with Crippen LogP contribution in [0.4, 0.5) is 0 Å². The number of nitrogens with zero attached hydrogens (tertiary/aromatic N) is 2. The monoisotopic (exact) mass is 462 g/mol. The number of hydrogen-bond acceptors (Lipinski definition) is 9. The van der Waals surface area contributed by atoms with Crippen molar-refractivity contribution in [1.29, 1.82) is 0 Å². The molecular formula is C24H18N2O6S. The van der Waals surface area contributed by atoms with Crippen LogP contribution in [0.25, 0.3) is 43.3 Å². The number of rotatable bonds is 4. The molecule has 0 aliphatic rings. The average Bonchev–Trinajstić information content (AvgIpc) is 3.30. The third-order valence-electron chi connectivity index (χ3n) is 5.40. The van der Waals surface area contributed by atoms with Crippen LogP contribution < -0.4 is 20.7 Å². The Labute approximate surface area is 191 Å². The van der Waals surface area contributed by atoms with Crippen molar-refractivity contribution < 1.29 is 18.3 Å². The normalized spacial score (nSPS) is 11.3. The molecule has 0 spiro atoms. The molecule has 5 rings (SSSR count). The molecule has 0 N–H and O–H groups in total. The van der Waals surface area contributed by atoms with E-state index in [0.717, 1.165) is 11.1 Å². The topological polar surface area (TPSA) is 105 Å². The summed E-state index contributed by atoms with van der Waals surface area (Å²) in [5.41, 5.74) is 2.00. The van der Waals surface area contributed by atoms with E-state index in [1.165, 1.54) is 31.6 Å². The molecule has 8 nitrogen and oxygen atoms in total. The van der Waals surface area contributed by atoms with Gasteiger partial charge in [0.1, 0.15) is 0 Å². The molecule has 9 heteroatoms. The van der Waals surface area contributed by atoms with Gasteiger partial charge < -0.3 is 18.3 Å². The molecule has 3 aromatic heterocycles. The minimum Gasteiger partial charge on any atom is -0.493 e. The summed E-state index contributed by atoms with van der Waals surface area (Å²) < 4.78 is 21.5. The third-order valence-corrected chi connectivity index (χ3v) is 6.47. The first-order chi connectivity index (χ1) is 15.9. The summed E-state index contributed by atoms with van der Waals surface area (Å²) in [6, 6.07) is 10.3. The lowest BCUT2D eigenvalue weighted by Gasteiger charge is -2.08. The summed E-state index contributed by atoms with van der Waals surface area (Å²) in [4.78, 5) is 35.3. The Kier molecular flexibility index (Phi) is 4.98. The molecule has 0 radical (unpaired) electrons. The predicted octanol–water partition coefficient (Wildman–Crippen LogP) is 4.72. The van der Waals surface area contributed by atoms with E-state index >= 15 is 0 Å². The molecule has 0 saturated heterocycles. The van der Waals surface area contributed by atoms with Crippen molar-refractivity contribution in [3.8, 4) is 33.0 Å². The van der Waals surface area contributed by atoms with E-state index in [1.54, 1.807) is 24.3 Å². The van der Waals surface area contributed by atoms with E-state index in [1.807, 2.05) is 19.9 Å². The van der Waals surface area contributed by atoms with Gasteiger partial charge in [0.05, 0.1) is 45.8 Å². The van der Waals surface area contributed by atoms with E-state index in [0.29, 0.717) is 37.7 Å². The number of aromatic nitrogens is 2. The number of ether oxygens (including phenoxy) is 2. The minimum absolute atomic E-state index is 0.144. The first-order valence-corrected chi connectivity index (χ1v) is 10.8. The molecule has 0 bridgehead atoms. The number of benzene rings is 2. The van der Waals surface area contributed by atoms with E-state index in [9.17, 15) is 9.59 Å². The van der Waals surface area contributed by atoms with Gasteiger partial charge >= 0.3 is 11.3 Å². The fraction of sp³-hybridized carbons (Fsp3) is 0.167. The lowest BCUT2D eigenvalue weighted by Crippen LogP contribution is -2.04. The molecule has 33 heavy (non-hydrogen) atoms. The van der Waals surface area contributed by atoms with Gasteiger partial charge in [0, 0.05) is 12.1 Å². The molecule has 3 heterocycles. The van der Waals surface area contributed by atoms with Crippen molar-refractivity contribution in [2.45, 2.75) is 13.8 Å². The van der Waals surface area contributed by atoms with Gasteiger partial charge in [-0.1, -0.05) is 0 Å². The maximum atomic E-state index is 12.6. The van der Waals surface area contributed by atoms with Crippen molar-refractivity contribution in [3.63, 3.8) is 0 Å². The van der Waals surface area contributed by atoms with Gasteiger partial charge in [0.25, 0.3) is 0 Å². The lowest BCUT2D eigenvalue weighted by molar-refractivity contribution is 0.355. The van der Waals surface area contributed by atoms with Crippen LogP contribution in [-0.4, -0.2) is 24.2 Å². The van der Waals surface area contributed by atoms with Crippen molar-refractivity contribution in [1.82, 2.24) is 9.97 Å². The smallest absolute Gasteiger partial charge is 0.347 e. The molecule has 0 atom stereocenters. The minimum atomic E-state index is -0.549. The van der Waals surface area contributed by atoms with Crippen LogP contribution in [0, 0.1) is 13.8 Å². The summed E-state index contributed by atoms with van der Waals surface area (Å²) >= 11 is 1.25. The lowest BCUT2D eigenvalue weighted by atomic mass is 10.1. The fourth-order valence-electron chi connectivity index (χ4n) is 3.51. The predicted molar refractivity (Wildman–Crippen MR) is 125 cm³/mol. The Hall–Kier alpha value is -3.98. The van der Waals surface area contributed by atoms with Gasteiger partial charge in [-0.05, 0) is 49.2 Å². The van der Waals surface area contributed by atoms with Crippen LogP contribution in [0.1, 0.15) is 11.1 Å². The first-order valence-electron chi connectivity index (χ1n) is 9.97. The summed E-state index contributed by atoms with van der Waals surface area (Å²) in [6.45, 7) is 3.90. The van der Waals surface area contributed by atoms with Crippen molar-refractivity contribution in [2.24, 2.45) is 0 Å². The summed E-state index contributed by atoms with van der Waals surface area (Å²) in [7, 11) is 3.00. The van der Waals surface area contributed by atoms with E-state index < -0.39 is 11.3 Å². The molecule has 0 aliphatic heterocycles. The number of aryl methyl sites for hydroxylation is 2. The Morgan fingerprint density at radius 3 is 1.79 bits per heavy atom. The number of methoxy groups -OCH3 is 2. The first kappa shape index (κ1) is 20.9. The number of fused-ring (bicyclic) bond motifs is 2. The Morgan fingerprint density at radius 1 is 0.727 bits per heavy atom. The maximum absolute atomic E-state index is 12.6. The highest BCUT2D eigenvalue weighted by atomic mass is 32.1. The third kappa shape index (κ3) is 3.56. The fourth-order valence-corrected chi connectivity index (χ4v) is 4.37. The average molecular weight is 462 g/mol. The Balaban J connectivity index is 1.61. The number of thiophene rings is 1. The molecule has 0 saturated carbocycles. The van der Waals surface area contributed by atoms with Gasteiger partial charge in [-0.2, -0.15) is 0 Å². The highest BCUT2D eigenvalue weighted by Crippen LogP contribution is 2.35. The molecule has 0 fully saturated rings. The second kappa shape index (κ2) is 7.86. The van der Waals surface area contributed by atoms with Crippen LogP contribution >= 0.6 is 11.3 Å². The van der Waals surface area contributed by atoms with Gasteiger partial charge in [0.15, 0.2) is 11.5 Å². The summed E-state index contributed by atoms with van der Waals surface area (Å²) in [6.07, 6.45) is 0. The maximum Gasteiger partial charge on any atom is 0.347 e. The van der Waals surface area contributed by atoms with Crippen LogP contribution in [0.5, 0.6) is 11.5 Å². The zero-order chi connectivity index (χ0) is 23.3. The molecule has 0 aliphatic carbocycles. The molecule has 166 valence electrons. The van der Waals surface area contributed by atoms with Crippen LogP contribution in [0.2, 0.25) is 0 Å². The van der Waals surface area contributed by atoms with Crippen LogP contribution in [-0.2, 0) is 0 Å². The SMILES string of the molecule is COc1cc2nc(-c3ccc(-c4nc5cc(C)c(C)cc5c(=O)o4)s3)oc(=O)c2cc1OC. The number of hydrogen-bond donors (Lipinski definition) is 0.